The second-order valence-corrected chi connectivity index (χ2v) is 6.44. The Bertz CT molecular complexity index is 429. The van der Waals surface area contributed by atoms with Crippen molar-refractivity contribution in [1.29, 1.82) is 0 Å². The van der Waals surface area contributed by atoms with Gasteiger partial charge in [0.25, 0.3) is 0 Å². The van der Waals surface area contributed by atoms with Crippen LogP contribution >= 0.6 is 0 Å². The molecule has 4 atom stereocenters. The van der Waals surface area contributed by atoms with Gasteiger partial charge in [0.1, 0.15) is 0 Å². The van der Waals surface area contributed by atoms with Gasteiger partial charge in [-0.1, -0.05) is 26.7 Å². The van der Waals surface area contributed by atoms with Gasteiger partial charge in [0, 0.05) is 19.3 Å². The molecule has 2 rings (SSSR count). The molecule has 1 saturated carbocycles. The third-order valence-corrected chi connectivity index (χ3v) is 4.76. The van der Waals surface area contributed by atoms with Gasteiger partial charge in [-0.2, -0.15) is 0 Å². The predicted octanol–water partition coefficient (Wildman–Crippen LogP) is 3.64. The molecule has 20 heavy (non-hydrogen) atoms. The molecule has 1 fully saturated rings. The standard InChI is InChI=1S/C16H29N3O/c1-11-7-6-8-15(14(11)4)18-16-17-12(2)9-19(16)13(3)10-20-5/h9,11,13-15H,6-8,10H2,1-5H3,(H,17,18). The predicted molar refractivity (Wildman–Crippen MR) is 83.1 cm³/mol. The van der Waals surface area contributed by atoms with E-state index < -0.39 is 0 Å². The van der Waals surface area contributed by atoms with Gasteiger partial charge in [0.2, 0.25) is 5.95 Å². The molecular formula is C16H29N3O. The van der Waals surface area contributed by atoms with Crippen LogP contribution in [0.4, 0.5) is 5.95 Å². The maximum Gasteiger partial charge on any atom is 0.203 e. The normalized spacial score (nSPS) is 28.4. The Hall–Kier alpha value is -1.03. The van der Waals surface area contributed by atoms with Crippen LogP contribution in [0.1, 0.15) is 51.8 Å². The highest BCUT2D eigenvalue weighted by molar-refractivity contribution is 5.31. The van der Waals surface area contributed by atoms with Gasteiger partial charge in [0.05, 0.1) is 18.3 Å². The molecule has 0 amide bonds. The van der Waals surface area contributed by atoms with E-state index in [1.54, 1.807) is 7.11 Å². The Morgan fingerprint density at radius 2 is 2.20 bits per heavy atom. The van der Waals surface area contributed by atoms with Crippen molar-refractivity contribution in [1.82, 2.24) is 9.55 Å². The van der Waals surface area contributed by atoms with Crippen molar-refractivity contribution in [2.24, 2.45) is 11.8 Å². The van der Waals surface area contributed by atoms with Gasteiger partial charge in [-0.25, -0.2) is 4.98 Å². The van der Waals surface area contributed by atoms with E-state index in [0.717, 1.165) is 17.6 Å². The van der Waals surface area contributed by atoms with Gasteiger partial charge in [-0.15, -0.1) is 0 Å². The first-order chi connectivity index (χ1) is 9.52. The van der Waals surface area contributed by atoms with Gasteiger partial charge in [-0.05, 0) is 32.1 Å². The fraction of sp³-hybridized carbons (Fsp3) is 0.812. The Morgan fingerprint density at radius 3 is 2.90 bits per heavy atom. The van der Waals surface area contributed by atoms with Crippen LogP contribution in [0.5, 0.6) is 0 Å². The van der Waals surface area contributed by atoms with Crippen molar-refractivity contribution >= 4 is 5.95 Å². The number of aromatic nitrogens is 2. The Labute approximate surface area is 122 Å². The van der Waals surface area contributed by atoms with Crippen LogP contribution < -0.4 is 5.32 Å². The third-order valence-electron chi connectivity index (χ3n) is 4.76. The minimum atomic E-state index is 0.306. The summed E-state index contributed by atoms with van der Waals surface area (Å²) in [7, 11) is 1.75. The molecule has 4 unspecified atom stereocenters. The van der Waals surface area contributed by atoms with E-state index in [2.05, 4.69) is 41.8 Å². The highest BCUT2D eigenvalue weighted by Gasteiger charge is 2.28. The van der Waals surface area contributed by atoms with E-state index in [9.17, 15) is 0 Å². The molecule has 0 aromatic carbocycles. The summed E-state index contributed by atoms with van der Waals surface area (Å²) in [4.78, 5) is 4.66. The molecule has 4 nitrogen and oxygen atoms in total. The molecule has 114 valence electrons. The van der Waals surface area contributed by atoms with E-state index in [0.29, 0.717) is 24.6 Å². The Morgan fingerprint density at radius 1 is 1.45 bits per heavy atom. The zero-order valence-electron chi connectivity index (χ0n) is 13.5. The fourth-order valence-electron chi connectivity index (χ4n) is 3.23. The van der Waals surface area contributed by atoms with E-state index in [1.807, 2.05) is 6.92 Å². The van der Waals surface area contributed by atoms with Crippen LogP contribution in [0.15, 0.2) is 6.20 Å². The smallest absolute Gasteiger partial charge is 0.203 e. The highest BCUT2D eigenvalue weighted by atomic mass is 16.5. The summed E-state index contributed by atoms with van der Waals surface area (Å²) in [5.41, 5.74) is 1.06. The molecule has 1 aromatic heterocycles. The number of nitrogens with one attached hydrogen (secondary N) is 1. The average Bonchev–Trinajstić information content (AvgIpc) is 2.76. The molecule has 4 heteroatoms. The monoisotopic (exact) mass is 279 g/mol. The van der Waals surface area contributed by atoms with Crippen molar-refractivity contribution in [3.05, 3.63) is 11.9 Å². The summed E-state index contributed by atoms with van der Waals surface area (Å²) in [5, 5.41) is 3.69. The number of methoxy groups -OCH3 is 1. The zero-order valence-corrected chi connectivity index (χ0v) is 13.5. The summed E-state index contributed by atoms with van der Waals surface area (Å²) < 4.78 is 7.49. The molecule has 0 saturated heterocycles. The number of ether oxygens (including phenoxy) is 1. The van der Waals surface area contributed by atoms with Gasteiger partial charge in [0.15, 0.2) is 0 Å². The third kappa shape index (κ3) is 3.35. The average molecular weight is 279 g/mol. The summed E-state index contributed by atoms with van der Waals surface area (Å²) in [6.07, 6.45) is 6.03. The largest absolute Gasteiger partial charge is 0.383 e. The lowest BCUT2D eigenvalue weighted by atomic mass is 9.78. The van der Waals surface area contributed by atoms with Crippen molar-refractivity contribution in [3.63, 3.8) is 0 Å². The molecule has 0 spiro atoms. The van der Waals surface area contributed by atoms with Crippen LogP contribution in [0.2, 0.25) is 0 Å². The minimum absolute atomic E-state index is 0.306. The highest BCUT2D eigenvalue weighted by Crippen LogP contribution is 2.31. The lowest BCUT2D eigenvalue weighted by Crippen LogP contribution is -2.36. The van der Waals surface area contributed by atoms with E-state index in [1.165, 1.54) is 19.3 Å². The first-order valence-corrected chi connectivity index (χ1v) is 7.83. The lowest BCUT2D eigenvalue weighted by Gasteiger charge is -2.35. The van der Waals surface area contributed by atoms with Crippen LogP contribution in [0.25, 0.3) is 0 Å². The summed E-state index contributed by atoms with van der Waals surface area (Å²) in [6.45, 7) is 9.65. The quantitative estimate of drug-likeness (QED) is 0.894. The van der Waals surface area contributed by atoms with Crippen molar-refractivity contribution < 1.29 is 4.74 Å². The molecule has 1 N–H and O–H groups in total. The van der Waals surface area contributed by atoms with Crippen LogP contribution in [0.3, 0.4) is 0 Å². The second kappa shape index (κ2) is 6.61. The number of rotatable bonds is 5. The lowest BCUT2D eigenvalue weighted by molar-refractivity contribution is 0.162. The summed E-state index contributed by atoms with van der Waals surface area (Å²) in [6, 6.07) is 0.842. The van der Waals surface area contributed by atoms with Crippen LogP contribution in [-0.2, 0) is 4.74 Å². The molecule has 0 aliphatic heterocycles. The van der Waals surface area contributed by atoms with Crippen LogP contribution in [0, 0.1) is 18.8 Å². The van der Waals surface area contributed by atoms with Crippen molar-refractivity contribution in [2.75, 3.05) is 19.0 Å². The van der Waals surface area contributed by atoms with Gasteiger partial charge < -0.3 is 14.6 Å². The maximum atomic E-state index is 5.27. The van der Waals surface area contributed by atoms with E-state index in [4.69, 9.17) is 4.74 Å². The molecule has 1 aliphatic rings. The number of hydrogen-bond donors (Lipinski definition) is 1. The SMILES string of the molecule is COCC(C)n1cc(C)nc1NC1CCCC(C)C1C. The molecule has 1 aromatic rings. The molecule has 0 bridgehead atoms. The van der Waals surface area contributed by atoms with Crippen molar-refractivity contribution in [3.8, 4) is 0 Å². The molecular weight excluding hydrogens is 250 g/mol. The Kier molecular flexibility index (Phi) is 5.08. The fourth-order valence-corrected chi connectivity index (χ4v) is 3.23. The number of imidazole rings is 1. The zero-order chi connectivity index (χ0) is 14.7. The number of nitrogens with zero attached hydrogens (tertiary/aromatic N) is 2. The Balaban J connectivity index is 2.12. The van der Waals surface area contributed by atoms with Gasteiger partial charge >= 0.3 is 0 Å². The van der Waals surface area contributed by atoms with E-state index >= 15 is 0 Å². The number of aryl methyl sites for hydroxylation is 1. The first kappa shape index (κ1) is 15.4. The van der Waals surface area contributed by atoms with E-state index in [-0.39, 0.29) is 0 Å². The summed E-state index contributed by atoms with van der Waals surface area (Å²) in [5.74, 6) is 2.49. The first-order valence-electron chi connectivity index (χ1n) is 7.83. The number of hydrogen-bond acceptors (Lipinski definition) is 3. The molecule has 1 heterocycles. The van der Waals surface area contributed by atoms with Gasteiger partial charge in [-0.3, -0.25) is 0 Å². The maximum absolute atomic E-state index is 5.27. The molecule has 1 aliphatic carbocycles. The van der Waals surface area contributed by atoms with Crippen LogP contribution in [-0.4, -0.2) is 29.3 Å². The number of anilines is 1. The summed E-state index contributed by atoms with van der Waals surface area (Å²) >= 11 is 0. The topological polar surface area (TPSA) is 39.1 Å². The molecule has 0 radical (unpaired) electrons. The van der Waals surface area contributed by atoms with Crippen molar-refractivity contribution in [2.45, 2.75) is 59.0 Å². The minimum Gasteiger partial charge on any atom is -0.383 e. The second-order valence-electron chi connectivity index (χ2n) is 6.44.